The highest BCUT2D eigenvalue weighted by Crippen LogP contribution is 2.26. The first-order chi connectivity index (χ1) is 12.6. The molecule has 8 nitrogen and oxygen atoms in total. The molecule has 26 heavy (non-hydrogen) atoms. The molecule has 2 N–H and O–H groups in total. The SMILES string of the molecule is COc1ccccc1OCc1cc(C(=O)N2CCC(NC(C)=O)C2)n[nH]1. The minimum absolute atomic E-state index is 0.00346. The van der Waals surface area contributed by atoms with Crippen LogP contribution in [0.4, 0.5) is 0 Å². The zero-order chi connectivity index (χ0) is 18.5. The lowest BCUT2D eigenvalue weighted by atomic mass is 10.2. The molecular formula is C18H22N4O4. The summed E-state index contributed by atoms with van der Waals surface area (Å²) >= 11 is 0. The maximum Gasteiger partial charge on any atom is 0.274 e. The van der Waals surface area contributed by atoms with E-state index in [1.54, 1.807) is 18.1 Å². The predicted octanol–water partition coefficient (Wildman–Crippen LogP) is 1.35. The molecule has 1 fully saturated rings. The molecule has 1 unspecified atom stereocenters. The lowest BCUT2D eigenvalue weighted by Crippen LogP contribution is -2.37. The number of carbonyl (C=O) groups is 2. The topological polar surface area (TPSA) is 96.6 Å². The standard InChI is InChI=1S/C18H22N4O4/c1-12(23)19-13-7-8-22(10-13)18(24)15-9-14(20-21-15)11-26-17-6-4-3-5-16(17)25-2/h3-6,9,13H,7-8,10-11H2,1-2H3,(H,19,23)(H,20,21). The molecule has 1 aromatic heterocycles. The van der Waals surface area contributed by atoms with Gasteiger partial charge < -0.3 is 19.7 Å². The molecule has 3 rings (SSSR count). The minimum atomic E-state index is -0.155. The highest BCUT2D eigenvalue weighted by atomic mass is 16.5. The summed E-state index contributed by atoms with van der Waals surface area (Å²) in [5, 5.41) is 9.75. The number of ether oxygens (including phenoxy) is 2. The van der Waals surface area contributed by atoms with Crippen LogP contribution >= 0.6 is 0 Å². The number of aromatic nitrogens is 2. The summed E-state index contributed by atoms with van der Waals surface area (Å²) in [6.07, 6.45) is 0.750. The van der Waals surface area contributed by atoms with Crippen LogP contribution in [0.1, 0.15) is 29.5 Å². The number of hydrogen-bond acceptors (Lipinski definition) is 5. The summed E-state index contributed by atoms with van der Waals surface area (Å²) in [6.45, 7) is 2.82. The van der Waals surface area contributed by atoms with Crippen molar-refractivity contribution in [3.8, 4) is 11.5 Å². The molecule has 1 aliphatic rings. The van der Waals surface area contributed by atoms with E-state index >= 15 is 0 Å². The molecule has 0 aliphatic carbocycles. The van der Waals surface area contributed by atoms with Crippen LogP contribution in [-0.2, 0) is 11.4 Å². The second-order valence-corrected chi connectivity index (χ2v) is 6.16. The van der Waals surface area contributed by atoms with Crippen molar-refractivity contribution in [1.29, 1.82) is 0 Å². The molecule has 2 amide bonds. The summed E-state index contributed by atoms with van der Waals surface area (Å²) in [7, 11) is 1.58. The van der Waals surface area contributed by atoms with Crippen LogP contribution in [0.5, 0.6) is 11.5 Å². The van der Waals surface area contributed by atoms with Crippen molar-refractivity contribution >= 4 is 11.8 Å². The Morgan fingerprint density at radius 3 is 2.85 bits per heavy atom. The number of para-hydroxylation sites is 2. The van der Waals surface area contributed by atoms with Crippen LogP contribution in [0.3, 0.4) is 0 Å². The number of likely N-dealkylation sites (tertiary alicyclic amines) is 1. The van der Waals surface area contributed by atoms with Gasteiger partial charge in [-0.15, -0.1) is 0 Å². The first kappa shape index (κ1) is 17.8. The minimum Gasteiger partial charge on any atom is -0.493 e. The Morgan fingerprint density at radius 2 is 2.12 bits per heavy atom. The molecule has 0 radical (unpaired) electrons. The van der Waals surface area contributed by atoms with E-state index in [1.807, 2.05) is 24.3 Å². The number of carbonyl (C=O) groups excluding carboxylic acids is 2. The Hall–Kier alpha value is -3.03. The summed E-state index contributed by atoms with van der Waals surface area (Å²) in [5.74, 6) is 1.03. The van der Waals surface area contributed by atoms with Gasteiger partial charge in [-0.25, -0.2) is 0 Å². The van der Waals surface area contributed by atoms with Gasteiger partial charge in [0, 0.05) is 26.1 Å². The molecule has 1 atom stereocenters. The molecule has 2 aromatic rings. The Labute approximate surface area is 151 Å². The normalized spacial score (nSPS) is 16.4. The Morgan fingerprint density at radius 1 is 1.35 bits per heavy atom. The molecule has 0 spiro atoms. The largest absolute Gasteiger partial charge is 0.493 e. The second kappa shape index (κ2) is 7.90. The van der Waals surface area contributed by atoms with Crippen molar-refractivity contribution in [1.82, 2.24) is 20.4 Å². The van der Waals surface area contributed by atoms with Crippen molar-refractivity contribution in [2.75, 3.05) is 20.2 Å². The van der Waals surface area contributed by atoms with E-state index in [1.165, 1.54) is 6.92 Å². The van der Waals surface area contributed by atoms with Gasteiger partial charge >= 0.3 is 0 Å². The number of benzene rings is 1. The zero-order valence-corrected chi connectivity index (χ0v) is 14.8. The molecule has 0 bridgehead atoms. The highest BCUT2D eigenvalue weighted by molar-refractivity contribution is 5.92. The van der Waals surface area contributed by atoms with Crippen LogP contribution in [-0.4, -0.2) is 53.2 Å². The van der Waals surface area contributed by atoms with Crippen LogP contribution in [0, 0.1) is 0 Å². The van der Waals surface area contributed by atoms with Gasteiger partial charge in [-0.2, -0.15) is 5.10 Å². The van der Waals surface area contributed by atoms with Crippen molar-refractivity contribution in [3.05, 3.63) is 41.7 Å². The third-order valence-corrected chi connectivity index (χ3v) is 4.19. The van der Waals surface area contributed by atoms with Gasteiger partial charge in [-0.3, -0.25) is 14.7 Å². The third kappa shape index (κ3) is 4.14. The lowest BCUT2D eigenvalue weighted by molar-refractivity contribution is -0.119. The van der Waals surface area contributed by atoms with Crippen molar-refractivity contribution in [2.45, 2.75) is 26.0 Å². The van der Waals surface area contributed by atoms with Gasteiger partial charge in [-0.05, 0) is 24.6 Å². The number of amides is 2. The summed E-state index contributed by atoms with van der Waals surface area (Å²) in [4.78, 5) is 25.4. The van der Waals surface area contributed by atoms with E-state index in [0.717, 1.165) is 6.42 Å². The fraction of sp³-hybridized carbons (Fsp3) is 0.389. The average Bonchev–Trinajstić information content (AvgIpc) is 3.28. The monoisotopic (exact) mass is 358 g/mol. The van der Waals surface area contributed by atoms with Gasteiger partial charge in [0.2, 0.25) is 5.91 Å². The Kier molecular flexibility index (Phi) is 5.40. The van der Waals surface area contributed by atoms with Crippen LogP contribution < -0.4 is 14.8 Å². The smallest absolute Gasteiger partial charge is 0.274 e. The van der Waals surface area contributed by atoms with E-state index in [9.17, 15) is 9.59 Å². The number of methoxy groups -OCH3 is 1. The lowest BCUT2D eigenvalue weighted by Gasteiger charge is -2.15. The van der Waals surface area contributed by atoms with Crippen molar-refractivity contribution < 1.29 is 19.1 Å². The first-order valence-electron chi connectivity index (χ1n) is 8.43. The number of rotatable bonds is 6. The first-order valence-corrected chi connectivity index (χ1v) is 8.43. The van der Waals surface area contributed by atoms with Gasteiger partial charge in [0.05, 0.1) is 12.8 Å². The molecule has 138 valence electrons. The predicted molar refractivity (Wildman–Crippen MR) is 94.0 cm³/mol. The fourth-order valence-corrected chi connectivity index (χ4v) is 2.95. The highest BCUT2D eigenvalue weighted by Gasteiger charge is 2.28. The number of hydrogen-bond donors (Lipinski definition) is 2. The second-order valence-electron chi connectivity index (χ2n) is 6.16. The van der Waals surface area contributed by atoms with Crippen molar-refractivity contribution in [3.63, 3.8) is 0 Å². The van der Waals surface area contributed by atoms with Gasteiger partial charge in [0.25, 0.3) is 5.91 Å². The molecular weight excluding hydrogens is 336 g/mol. The maximum absolute atomic E-state index is 12.5. The molecule has 8 heteroatoms. The summed E-state index contributed by atoms with van der Waals surface area (Å²) in [5.41, 5.74) is 1.03. The third-order valence-electron chi connectivity index (χ3n) is 4.19. The number of nitrogens with one attached hydrogen (secondary N) is 2. The molecule has 1 saturated heterocycles. The quantitative estimate of drug-likeness (QED) is 0.812. The van der Waals surface area contributed by atoms with E-state index in [-0.39, 0.29) is 24.5 Å². The number of H-pyrrole nitrogens is 1. The van der Waals surface area contributed by atoms with E-state index in [2.05, 4.69) is 15.5 Å². The van der Waals surface area contributed by atoms with Crippen LogP contribution in [0.25, 0.3) is 0 Å². The number of aromatic amines is 1. The van der Waals surface area contributed by atoms with E-state index in [0.29, 0.717) is 36.0 Å². The van der Waals surface area contributed by atoms with Gasteiger partial charge in [0.1, 0.15) is 6.61 Å². The van der Waals surface area contributed by atoms with Crippen LogP contribution in [0.15, 0.2) is 30.3 Å². The van der Waals surface area contributed by atoms with Gasteiger partial charge in [-0.1, -0.05) is 12.1 Å². The Bertz CT molecular complexity index is 789. The summed E-state index contributed by atoms with van der Waals surface area (Å²) in [6, 6.07) is 9.04. The Balaban J connectivity index is 1.57. The fourth-order valence-electron chi connectivity index (χ4n) is 2.95. The average molecular weight is 358 g/mol. The molecule has 1 aliphatic heterocycles. The van der Waals surface area contributed by atoms with Gasteiger partial charge in [0.15, 0.2) is 17.2 Å². The molecule has 0 saturated carbocycles. The van der Waals surface area contributed by atoms with E-state index in [4.69, 9.17) is 9.47 Å². The molecule has 2 heterocycles. The summed E-state index contributed by atoms with van der Waals surface area (Å²) < 4.78 is 11.0. The van der Waals surface area contributed by atoms with Crippen molar-refractivity contribution in [2.24, 2.45) is 0 Å². The van der Waals surface area contributed by atoms with E-state index < -0.39 is 0 Å². The number of nitrogens with zero attached hydrogens (tertiary/aromatic N) is 2. The maximum atomic E-state index is 12.5. The molecule has 1 aromatic carbocycles. The van der Waals surface area contributed by atoms with Crippen LogP contribution in [0.2, 0.25) is 0 Å². The zero-order valence-electron chi connectivity index (χ0n) is 14.8.